The largest absolute Gasteiger partial charge is 0.402 e. The van der Waals surface area contributed by atoms with Crippen LogP contribution in [0.1, 0.15) is 19.8 Å². The minimum Gasteiger partial charge on any atom is -0.387 e. The summed E-state index contributed by atoms with van der Waals surface area (Å²) in [6.45, 7) is -0.0862. The lowest BCUT2D eigenvalue weighted by Crippen LogP contribution is -2.65. The average molecular weight is 276 g/mol. The SMILES string of the molecule is CCCC1(O)CN(S(=O)(=O)NCC(F)(F)F)C1. The second kappa shape index (κ2) is 4.71. The van der Waals surface area contributed by atoms with E-state index in [4.69, 9.17) is 0 Å². The van der Waals surface area contributed by atoms with Crippen molar-refractivity contribution >= 4 is 10.2 Å². The number of halogens is 3. The number of nitrogens with zero attached hydrogens (tertiary/aromatic N) is 1. The van der Waals surface area contributed by atoms with Crippen LogP contribution >= 0.6 is 0 Å². The minimum atomic E-state index is -4.59. The van der Waals surface area contributed by atoms with Crippen molar-refractivity contribution in [2.24, 2.45) is 0 Å². The first kappa shape index (κ1) is 14.7. The minimum absolute atomic E-state index is 0.159. The highest BCUT2D eigenvalue weighted by molar-refractivity contribution is 7.87. The Morgan fingerprint density at radius 1 is 1.41 bits per heavy atom. The van der Waals surface area contributed by atoms with Crippen LogP contribution in [-0.4, -0.2) is 49.2 Å². The summed E-state index contributed by atoms with van der Waals surface area (Å²) in [5, 5.41) is 9.72. The fourth-order valence-electron chi connectivity index (χ4n) is 1.67. The molecule has 5 nitrogen and oxygen atoms in total. The summed E-state index contributed by atoms with van der Waals surface area (Å²) in [7, 11) is -4.14. The first-order chi connectivity index (χ1) is 7.58. The number of rotatable bonds is 5. The molecule has 0 atom stereocenters. The lowest BCUT2D eigenvalue weighted by Gasteiger charge is -2.45. The van der Waals surface area contributed by atoms with Crippen LogP contribution in [0.25, 0.3) is 0 Å². The molecule has 17 heavy (non-hydrogen) atoms. The summed E-state index contributed by atoms with van der Waals surface area (Å²) < 4.78 is 60.5. The number of β-amino-alcohol motifs (C(OH)–C–C–N with tert-alkyl or cyclic N) is 1. The molecule has 0 bridgehead atoms. The summed E-state index contributed by atoms with van der Waals surface area (Å²) in [4.78, 5) is 0. The van der Waals surface area contributed by atoms with Gasteiger partial charge in [-0.1, -0.05) is 13.3 Å². The molecule has 0 unspecified atom stereocenters. The maximum Gasteiger partial charge on any atom is 0.402 e. The predicted molar refractivity (Wildman–Crippen MR) is 54.4 cm³/mol. The number of hydrogen-bond acceptors (Lipinski definition) is 3. The molecule has 0 saturated carbocycles. The highest BCUT2D eigenvalue weighted by Gasteiger charge is 2.46. The molecule has 1 saturated heterocycles. The second-order valence-electron chi connectivity index (χ2n) is 4.18. The van der Waals surface area contributed by atoms with Crippen LogP contribution in [0.5, 0.6) is 0 Å². The molecule has 102 valence electrons. The third-order valence-corrected chi connectivity index (χ3v) is 3.90. The number of alkyl halides is 3. The van der Waals surface area contributed by atoms with E-state index < -0.39 is 28.5 Å². The van der Waals surface area contributed by atoms with E-state index in [1.54, 1.807) is 0 Å². The Morgan fingerprint density at radius 3 is 2.35 bits per heavy atom. The third-order valence-electron chi connectivity index (χ3n) is 2.45. The molecule has 1 aliphatic heterocycles. The Kier molecular flexibility index (Phi) is 4.07. The predicted octanol–water partition coefficient (Wildman–Crippen LogP) is 0.230. The van der Waals surface area contributed by atoms with Crippen molar-refractivity contribution < 1.29 is 26.7 Å². The van der Waals surface area contributed by atoms with Crippen molar-refractivity contribution in [3.63, 3.8) is 0 Å². The molecule has 1 rings (SSSR count). The summed E-state index contributed by atoms with van der Waals surface area (Å²) >= 11 is 0. The fraction of sp³-hybridized carbons (Fsp3) is 1.00. The molecule has 2 N–H and O–H groups in total. The van der Waals surface area contributed by atoms with Crippen molar-refractivity contribution in [1.29, 1.82) is 0 Å². The van der Waals surface area contributed by atoms with Gasteiger partial charge in [-0.2, -0.15) is 30.6 Å². The van der Waals surface area contributed by atoms with Gasteiger partial charge in [-0.05, 0) is 6.42 Å². The van der Waals surface area contributed by atoms with E-state index in [1.165, 1.54) is 4.72 Å². The van der Waals surface area contributed by atoms with Crippen molar-refractivity contribution in [2.45, 2.75) is 31.5 Å². The first-order valence-electron chi connectivity index (χ1n) is 5.12. The summed E-state index contributed by atoms with van der Waals surface area (Å²) in [6, 6.07) is 0. The quantitative estimate of drug-likeness (QED) is 0.755. The van der Waals surface area contributed by atoms with E-state index in [2.05, 4.69) is 0 Å². The van der Waals surface area contributed by atoms with Crippen LogP contribution in [0.2, 0.25) is 0 Å². The molecule has 1 heterocycles. The van der Waals surface area contributed by atoms with Gasteiger partial charge in [0.15, 0.2) is 0 Å². The molecule has 1 fully saturated rings. The van der Waals surface area contributed by atoms with Gasteiger partial charge in [0.05, 0.1) is 5.60 Å². The molecule has 0 radical (unpaired) electrons. The van der Waals surface area contributed by atoms with E-state index in [0.29, 0.717) is 12.8 Å². The number of hydrogen-bond donors (Lipinski definition) is 2. The van der Waals surface area contributed by atoms with Gasteiger partial charge >= 0.3 is 6.18 Å². The van der Waals surface area contributed by atoms with Gasteiger partial charge in [0.25, 0.3) is 10.2 Å². The molecule has 0 spiro atoms. The monoisotopic (exact) mass is 276 g/mol. The fourth-order valence-corrected chi connectivity index (χ4v) is 3.02. The zero-order valence-electron chi connectivity index (χ0n) is 9.29. The summed E-state index contributed by atoms with van der Waals surface area (Å²) in [5.41, 5.74) is -1.10. The van der Waals surface area contributed by atoms with Crippen LogP contribution in [0, 0.1) is 0 Å². The highest BCUT2D eigenvalue weighted by atomic mass is 32.2. The van der Waals surface area contributed by atoms with E-state index in [1.807, 2.05) is 6.92 Å². The number of nitrogens with one attached hydrogen (secondary N) is 1. The normalized spacial score (nSPS) is 21.2. The zero-order chi connectivity index (χ0) is 13.3. The molecular weight excluding hydrogens is 261 g/mol. The van der Waals surface area contributed by atoms with Crippen LogP contribution in [0.3, 0.4) is 0 Å². The van der Waals surface area contributed by atoms with Gasteiger partial charge in [0.2, 0.25) is 0 Å². The summed E-state index contributed by atoms with van der Waals surface area (Å²) in [5.74, 6) is 0. The standard InChI is InChI=1S/C8H15F3N2O3S/c1-2-3-7(14)5-13(6-7)17(15,16)12-4-8(9,10)11/h12,14H,2-6H2,1H3. The van der Waals surface area contributed by atoms with Gasteiger partial charge in [0, 0.05) is 13.1 Å². The highest BCUT2D eigenvalue weighted by Crippen LogP contribution is 2.27. The smallest absolute Gasteiger partial charge is 0.387 e. The molecule has 9 heteroatoms. The third kappa shape index (κ3) is 4.09. The van der Waals surface area contributed by atoms with Gasteiger partial charge in [-0.25, -0.2) is 0 Å². The summed E-state index contributed by atoms with van der Waals surface area (Å²) in [6.07, 6.45) is -3.48. The molecule has 0 aromatic carbocycles. The second-order valence-corrected chi connectivity index (χ2v) is 5.94. The first-order valence-corrected chi connectivity index (χ1v) is 6.56. The topological polar surface area (TPSA) is 69.6 Å². The van der Waals surface area contributed by atoms with Crippen LogP contribution in [0.4, 0.5) is 13.2 Å². The average Bonchev–Trinajstić information content (AvgIpc) is 2.10. The lowest BCUT2D eigenvalue weighted by molar-refractivity contribution is -0.122. The van der Waals surface area contributed by atoms with Gasteiger partial charge in [-0.15, -0.1) is 0 Å². The maximum atomic E-state index is 11.8. The van der Waals surface area contributed by atoms with Gasteiger partial charge in [0.1, 0.15) is 6.54 Å². The van der Waals surface area contributed by atoms with Gasteiger partial charge < -0.3 is 5.11 Å². The van der Waals surface area contributed by atoms with Crippen LogP contribution < -0.4 is 4.72 Å². The zero-order valence-corrected chi connectivity index (χ0v) is 10.1. The number of aliphatic hydroxyl groups is 1. The lowest BCUT2D eigenvalue weighted by atomic mass is 9.92. The van der Waals surface area contributed by atoms with E-state index in [9.17, 15) is 26.7 Å². The van der Waals surface area contributed by atoms with E-state index in [0.717, 1.165) is 4.31 Å². The molecule has 0 amide bonds. The Morgan fingerprint density at radius 2 is 1.94 bits per heavy atom. The Balaban J connectivity index is 2.47. The molecule has 0 aromatic heterocycles. The molecule has 1 aliphatic rings. The molecule has 0 aliphatic carbocycles. The van der Waals surface area contributed by atoms with Crippen molar-refractivity contribution in [3.8, 4) is 0 Å². The van der Waals surface area contributed by atoms with Crippen molar-refractivity contribution in [2.75, 3.05) is 19.6 Å². The Labute approximate surface area is 97.8 Å². The Bertz CT molecular complexity index is 363. The Hall–Kier alpha value is -0.380. The molecule has 0 aromatic rings. The van der Waals surface area contributed by atoms with Crippen LogP contribution in [-0.2, 0) is 10.2 Å². The van der Waals surface area contributed by atoms with E-state index >= 15 is 0 Å². The maximum absolute atomic E-state index is 11.8. The van der Waals surface area contributed by atoms with Crippen LogP contribution in [0.15, 0.2) is 0 Å². The van der Waals surface area contributed by atoms with Crippen molar-refractivity contribution in [3.05, 3.63) is 0 Å². The van der Waals surface area contributed by atoms with Crippen molar-refractivity contribution in [1.82, 2.24) is 9.03 Å². The molecular formula is C8H15F3N2O3S. The van der Waals surface area contributed by atoms with Gasteiger partial charge in [-0.3, -0.25) is 0 Å². The van der Waals surface area contributed by atoms with E-state index in [-0.39, 0.29) is 13.1 Å².